The maximum absolute atomic E-state index is 13.6. The van der Waals surface area contributed by atoms with Gasteiger partial charge in [-0.15, -0.1) is 10.2 Å². The van der Waals surface area contributed by atoms with Crippen molar-refractivity contribution >= 4 is 34.1 Å². The van der Waals surface area contributed by atoms with E-state index in [0.717, 1.165) is 39.8 Å². The van der Waals surface area contributed by atoms with Gasteiger partial charge in [0.25, 0.3) is 0 Å². The Morgan fingerprint density at radius 2 is 1.82 bits per heavy atom. The van der Waals surface area contributed by atoms with Crippen LogP contribution in [-0.2, 0) is 4.79 Å². The lowest BCUT2D eigenvalue weighted by atomic mass is 10.0. The zero-order valence-corrected chi connectivity index (χ0v) is 20.0. The second-order valence-corrected chi connectivity index (χ2v) is 8.63. The van der Waals surface area contributed by atoms with Crippen LogP contribution in [0.15, 0.2) is 65.8 Å². The molecule has 1 aliphatic rings. The molecule has 0 spiro atoms. The van der Waals surface area contributed by atoms with Crippen molar-refractivity contribution in [3.63, 3.8) is 0 Å². The largest absolute Gasteiger partial charge is 0.496 e. The maximum Gasteiger partial charge on any atom is 0.247 e. The summed E-state index contributed by atoms with van der Waals surface area (Å²) in [5.41, 5.74) is 2.84. The summed E-state index contributed by atoms with van der Waals surface area (Å²) < 4.78 is 12.2. The van der Waals surface area contributed by atoms with Gasteiger partial charge in [-0.2, -0.15) is 4.98 Å². The van der Waals surface area contributed by atoms with Crippen molar-refractivity contribution in [3.05, 3.63) is 66.2 Å². The molecule has 2 heterocycles. The molecule has 34 heavy (non-hydrogen) atoms. The summed E-state index contributed by atoms with van der Waals surface area (Å²) in [5.74, 6) is 1.07. The van der Waals surface area contributed by atoms with E-state index in [9.17, 15) is 4.79 Å². The van der Waals surface area contributed by atoms with Crippen LogP contribution in [0, 0.1) is 0 Å². The zero-order valence-electron chi connectivity index (χ0n) is 19.2. The number of carbonyl (C=O) groups excluding carboxylic acids is 1. The molecule has 0 N–H and O–H groups in total. The standard InChI is InChI=1S/C26H24N4O3S/c1-4-9-22(31)30-20-13-8-7-12-19(20)23-24(27-26(34-3)29-28-23)33-25(30)18-14-15-21(32-2)17-11-6-5-10-16(17)18/h5-8,10-15,25H,4,9H2,1-3H3. The second kappa shape index (κ2) is 9.30. The summed E-state index contributed by atoms with van der Waals surface area (Å²) in [5, 5.41) is 11.0. The minimum atomic E-state index is -0.747. The molecule has 8 heteroatoms. The lowest BCUT2D eigenvalue weighted by Gasteiger charge is -2.31. The predicted molar refractivity (Wildman–Crippen MR) is 133 cm³/mol. The minimum Gasteiger partial charge on any atom is -0.496 e. The molecule has 1 atom stereocenters. The van der Waals surface area contributed by atoms with Crippen molar-refractivity contribution in [3.8, 4) is 22.9 Å². The fourth-order valence-electron chi connectivity index (χ4n) is 4.29. The Kier molecular flexibility index (Phi) is 6.06. The van der Waals surface area contributed by atoms with Gasteiger partial charge in [0.2, 0.25) is 23.2 Å². The number of ether oxygens (including phenoxy) is 2. The van der Waals surface area contributed by atoms with Crippen molar-refractivity contribution in [1.29, 1.82) is 0 Å². The number of fused-ring (bicyclic) bond motifs is 4. The number of benzene rings is 3. The van der Waals surface area contributed by atoms with Gasteiger partial charge < -0.3 is 9.47 Å². The molecule has 5 rings (SSSR count). The Morgan fingerprint density at radius 3 is 2.59 bits per heavy atom. The van der Waals surface area contributed by atoms with E-state index >= 15 is 0 Å². The molecule has 1 unspecified atom stereocenters. The van der Waals surface area contributed by atoms with Crippen LogP contribution in [0.3, 0.4) is 0 Å². The number of aromatic nitrogens is 3. The number of anilines is 1. The van der Waals surface area contributed by atoms with Gasteiger partial charge in [0, 0.05) is 22.9 Å². The molecular weight excluding hydrogens is 448 g/mol. The smallest absolute Gasteiger partial charge is 0.247 e. The Bertz CT molecular complexity index is 1380. The van der Waals surface area contributed by atoms with Crippen LogP contribution < -0.4 is 14.4 Å². The highest BCUT2D eigenvalue weighted by Gasteiger charge is 2.36. The first-order chi connectivity index (χ1) is 16.7. The van der Waals surface area contributed by atoms with Gasteiger partial charge in [-0.25, -0.2) is 0 Å². The van der Waals surface area contributed by atoms with Crippen molar-refractivity contribution < 1.29 is 14.3 Å². The molecule has 0 bridgehead atoms. The molecule has 7 nitrogen and oxygen atoms in total. The monoisotopic (exact) mass is 472 g/mol. The highest BCUT2D eigenvalue weighted by molar-refractivity contribution is 7.98. The molecule has 3 aromatic carbocycles. The van der Waals surface area contributed by atoms with Crippen LogP contribution >= 0.6 is 11.8 Å². The number of methoxy groups -OCH3 is 1. The van der Waals surface area contributed by atoms with E-state index in [1.54, 1.807) is 12.0 Å². The van der Waals surface area contributed by atoms with Crippen LogP contribution in [0.2, 0.25) is 0 Å². The Hall–Kier alpha value is -3.65. The van der Waals surface area contributed by atoms with Crippen LogP contribution in [0.25, 0.3) is 22.0 Å². The fraction of sp³-hybridized carbons (Fsp3) is 0.231. The van der Waals surface area contributed by atoms with Gasteiger partial charge in [0.1, 0.15) is 5.75 Å². The first-order valence-corrected chi connectivity index (χ1v) is 12.3. The maximum atomic E-state index is 13.6. The topological polar surface area (TPSA) is 77.4 Å². The van der Waals surface area contributed by atoms with Crippen molar-refractivity contribution in [2.45, 2.75) is 31.1 Å². The third-order valence-electron chi connectivity index (χ3n) is 5.83. The number of rotatable bonds is 5. The molecular formula is C26H24N4O3S. The summed E-state index contributed by atoms with van der Waals surface area (Å²) in [6.07, 6.45) is 2.24. The van der Waals surface area contributed by atoms with Crippen LogP contribution in [0.1, 0.15) is 31.6 Å². The fourth-order valence-corrected chi connectivity index (χ4v) is 4.59. The number of hydrogen-bond acceptors (Lipinski definition) is 7. The molecule has 0 aliphatic carbocycles. The minimum absolute atomic E-state index is 0.0364. The van der Waals surface area contributed by atoms with Gasteiger partial charge in [0.05, 0.1) is 12.8 Å². The Balaban J connectivity index is 1.80. The van der Waals surface area contributed by atoms with Gasteiger partial charge in [-0.1, -0.05) is 61.2 Å². The molecule has 0 radical (unpaired) electrons. The third kappa shape index (κ3) is 3.74. The Morgan fingerprint density at radius 1 is 1.06 bits per heavy atom. The van der Waals surface area contributed by atoms with E-state index in [1.165, 1.54) is 11.8 Å². The van der Waals surface area contributed by atoms with Gasteiger partial charge in [-0.05, 0) is 36.3 Å². The van der Waals surface area contributed by atoms with Gasteiger partial charge in [0.15, 0.2) is 5.69 Å². The Labute approximate surface area is 202 Å². The van der Waals surface area contributed by atoms with Crippen LogP contribution in [-0.4, -0.2) is 34.5 Å². The van der Waals surface area contributed by atoms with E-state index in [1.807, 2.05) is 73.8 Å². The van der Waals surface area contributed by atoms with Crippen molar-refractivity contribution in [2.24, 2.45) is 0 Å². The average molecular weight is 473 g/mol. The molecule has 0 fully saturated rings. The van der Waals surface area contributed by atoms with E-state index in [-0.39, 0.29) is 5.91 Å². The number of para-hydroxylation sites is 1. The number of carbonyl (C=O) groups is 1. The number of amides is 1. The molecule has 4 aromatic rings. The summed E-state index contributed by atoms with van der Waals surface area (Å²) in [4.78, 5) is 19.9. The molecule has 1 aromatic heterocycles. The molecule has 1 amide bonds. The van der Waals surface area contributed by atoms with E-state index in [2.05, 4.69) is 15.2 Å². The molecule has 0 saturated heterocycles. The summed E-state index contributed by atoms with van der Waals surface area (Å²) in [7, 11) is 1.65. The lowest BCUT2D eigenvalue weighted by Crippen LogP contribution is -2.37. The first kappa shape index (κ1) is 22.2. The highest BCUT2D eigenvalue weighted by Crippen LogP contribution is 2.45. The quantitative estimate of drug-likeness (QED) is 0.348. The molecule has 1 aliphatic heterocycles. The first-order valence-electron chi connectivity index (χ1n) is 11.1. The van der Waals surface area contributed by atoms with Crippen molar-refractivity contribution in [1.82, 2.24) is 15.2 Å². The SMILES string of the molecule is CCCC(=O)N1c2ccccc2-c2nnc(SC)nc2OC1c1ccc(OC)c2ccccc12. The molecule has 172 valence electrons. The zero-order chi connectivity index (χ0) is 23.7. The lowest BCUT2D eigenvalue weighted by molar-refractivity contribution is -0.120. The van der Waals surface area contributed by atoms with E-state index < -0.39 is 6.23 Å². The van der Waals surface area contributed by atoms with Crippen LogP contribution in [0.4, 0.5) is 5.69 Å². The van der Waals surface area contributed by atoms with Gasteiger partial charge in [-0.3, -0.25) is 9.69 Å². The third-order valence-corrected chi connectivity index (χ3v) is 6.37. The van der Waals surface area contributed by atoms with Crippen molar-refractivity contribution in [2.75, 3.05) is 18.3 Å². The van der Waals surface area contributed by atoms with E-state index in [0.29, 0.717) is 23.2 Å². The van der Waals surface area contributed by atoms with Gasteiger partial charge >= 0.3 is 0 Å². The number of thioether (sulfide) groups is 1. The summed E-state index contributed by atoms with van der Waals surface area (Å²) in [6.45, 7) is 1.99. The van der Waals surface area contributed by atoms with E-state index in [4.69, 9.17) is 9.47 Å². The normalized spacial score (nSPS) is 14.7. The highest BCUT2D eigenvalue weighted by atomic mass is 32.2. The second-order valence-electron chi connectivity index (χ2n) is 7.86. The summed E-state index contributed by atoms with van der Waals surface area (Å²) in [6, 6.07) is 19.5. The average Bonchev–Trinajstić information content (AvgIpc) is 3.02. The molecule has 0 saturated carbocycles. The number of nitrogens with zero attached hydrogens (tertiary/aromatic N) is 4. The van der Waals surface area contributed by atoms with Crippen LogP contribution in [0.5, 0.6) is 11.6 Å². The number of hydrogen-bond donors (Lipinski definition) is 0. The predicted octanol–water partition coefficient (Wildman–Crippen LogP) is 5.65. The summed E-state index contributed by atoms with van der Waals surface area (Å²) >= 11 is 1.39.